The van der Waals surface area contributed by atoms with E-state index in [4.69, 9.17) is 0 Å². The Hall–Kier alpha value is -2.42. The monoisotopic (exact) mass is 249 g/mol. The van der Waals surface area contributed by atoms with Crippen LogP contribution in [0, 0.1) is 6.92 Å². The summed E-state index contributed by atoms with van der Waals surface area (Å²) in [4.78, 5) is 11.9. The summed E-state index contributed by atoms with van der Waals surface area (Å²) < 4.78 is 0. The third kappa shape index (κ3) is 2.03. The number of nitrogens with one attached hydrogen (secondary N) is 1. The van der Waals surface area contributed by atoms with Gasteiger partial charge in [-0.2, -0.15) is 0 Å². The van der Waals surface area contributed by atoms with Gasteiger partial charge in [-0.3, -0.25) is 4.98 Å². The third-order valence-electron chi connectivity index (χ3n) is 3.23. The van der Waals surface area contributed by atoms with Crippen molar-refractivity contribution in [2.45, 2.75) is 13.8 Å². The van der Waals surface area contributed by atoms with Gasteiger partial charge in [-0.25, -0.2) is 4.98 Å². The first-order chi connectivity index (χ1) is 9.29. The van der Waals surface area contributed by atoms with Crippen molar-refractivity contribution in [1.29, 1.82) is 0 Å². The SMILES string of the molecule is C/C=C(\c1cnc[nH]1)c1cccc2ccc(C)nc12. The van der Waals surface area contributed by atoms with E-state index in [1.54, 1.807) is 6.33 Å². The van der Waals surface area contributed by atoms with E-state index >= 15 is 0 Å². The van der Waals surface area contributed by atoms with Gasteiger partial charge in [0.2, 0.25) is 0 Å². The molecule has 0 atom stereocenters. The largest absolute Gasteiger partial charge is 0.345 e. The molecule has 0 aliphatic rings. The Morgan fingerprint density at radius 3 is 2.84 bits per heavy atom. The number of aromatic nitrogens is 3. The van der Waals surface area contributed by atoms with E-state index < -0.39 is 0 Å². The number of hydrogen-bond acceptors (Lipinski definition) is 2. The first-order valence-electron chi connectivity index (χ1n) is 6.31. The smallest absolute Gasteiger partial charge is 0.0924 e. The molecule has 0 amide bonds. The van der Waals surface area contributed by atoms with Gasteiger partial charge in [-0.1, -0.05) is 30.3 Å². The molecular weight excluding hydrogens is 234 g/mol. The molecule has 2 aromatic heterocycles. The number of para-hydroxylation sites is 1. The number of nitrogens with zero attached hydrogens (tertiary/aromatic N) is 2. The van der Waals surface area contributed by atoms with Crippen LogP contribution in [0.2, 0.25) is 0 Å². The highest BCUT2D eigenvalue weighted by Crippen LogP contribution is 2.27. The molecule has 0 saturated heterocycles. The fourth-order valence-electron chi connectivity index (χ4n) is 2.32. The minimum Gasteiger partial charge on any atom is -0.345 e. The Bertz CT molecular complexity index is 740. The van der Waals surface area contributed by atoms with Crippen molar-refractivity contribution >= 4 is 16.5 Å². The average molecular weight is 249 g/mol. The second-order valence-corrected chi connectivity index (χ2v) is 4.50. The number of aromatic amines is 1. The number of H-pyrrole nitrogens is 1. The molecular formula is C16H15N3. The molecule has 0 aliphatic heterocycles. The Labute approximate surface area is 112 Å². The minimum atomic E-state index is 1.01. The highest BCUT2D eigenvalue weighted by atomic mass is 14.9. The summed E-state index contributed by atoms with van der Waals surface area (Å²) in [6.07, 6.45) is 5.62. The van der Waals surface area contributed by atoms with E-state index in [1.165, 1.54) is 0 Å². The highest BCUT2D eigenvalue weighted by molar-refractivity contribution is 5.94. The summed E-state index contributed by atoms with van der Waals surface area (Å²) in [6, 6.07) is 10.4. The fraction of sp³-hybridized carbons (Fsp3) is 0.125. The lowest BCUT2D eigenvalue weighted by molar-refractivity contribution is 1.25. The summed E-state index contributed by atoms with van der Waals surface area (Å²) in [5.41, 5.74) is 5.33. The first-order valence-corrected chi connectivity index (χ1v) is 6.31. The lowest BCUT2D eigenvalue weighted by atomic mass is 9.99. The molecule has 3 rings (SSSR count). The van der Waals surface area contributed by atoms with Gasteiger partial charge in [0, 0.05) is 22.2 Å². The zero-order valence-electron chi connectivity index (χ0n) is 11.0. The molecule has 3 nitrogen and oxygen atoms in total. The zero-order valence-corrected chi connectivity index (χ0v) is 11.0. The van der Waals surface area contributed by atoms with Gasteiger partial charge >= 0.3 is 0 Å². The summed E-state index contributed by atoms with van der Waals surface area (Å²) in [5.74, 6) is 0. The van der Waals surface area contributed by atoms with Gasteiger partial charge in [-0.15, -0.1) is 0 Å². The molecule has 1 N–H and O–H groups in total. The van der Waals surface area contributed by atoms with Gasteiger partial charge in [-0.05, 0) is 19.9 Å². The summed E-state index contributed by atoms with van der Waals surface area (Å²) in [7, 11) is 0. The number of allylic oxidation sites excluding steroid dienone is 1. The number of aryl methyl sites for hydroxylation is 1. The lowest BCUT2D eigenvalue weighted by Gasteiger charge is -2.09. The lowest BCUT2D eigenvalue weighted by Crippen LogP contribution is -1.93. The Morgan fingerprint density at radius 2 is 2.11 bits per heavy atom. The maximum atomic E-state index is 4.68. The van der Waals surface area contributed by atoms with Crippen LogP contribution in [0.4, 0.5) is 0 Å². The molecule has 3 aromatic rings. The van der Waals surface area contributed by atoms with Crippen LogP contribution in [0.1, 0.15) is 23.9 Å². The molecule has 0 spiro atoms. The third-order valence-corrected chi connectivity index (χ3v) is 3.23. The van der Waals surface area contributed by atoms with Gasteiger partial charge in [0.1, 0.15) is 0 Å². The highest BCUT2D eigenvalue weighted by Gasteiger charge is 2.10. The van der Waals surface area contributed by atoms with Crippen molar-refractivity contribution in [3.05, 3.63) is 65.9 Å². The van der Waals surface area contributed by atoms with Crippen LogP contribution in [0.15, 0.2) is 48.9 Å². The van der Waals surface area contributed by atoms with Crippen LogP contribution in [0.5, 0.6) is 0 Å². The van der Waals surface area contributed by atoms with Gasteiger partial charge < -0.3 is 4.98 Å². The predicted octanol–water partition coefficient (Wildman–Crippen LogP) is 3.72. The molecule has 0 unspecified atom stereocenters. The van der Waals surface area contributed by atoms with Crippen LogP contribution >= 0.6 is 0 Å². The standard InChI is InChI=1S/C16H15N3/c1-3-13(15-9-17-10-18-15)14-6-4-5-12-8-7-11(2)19-16(12)14/h3-10H,1-2H3,(H,17,18)/b13-3-. The molecule has 0 radical (unpaired) electrons. The molecule has 19 heavy (non-hydrogen) atoms. The molecule has 3 heteroatoms. The number of imidazole rings is 1. The van der Waals surface area contributed by atoms with Crippen molar-refractivity contribution in [2.24, 2.45) is 0 Å². The van der Waals surface area contributed by atoms with Crippen LogP contribution in [-0.2, 0) is 0 Å². The van der Waals surface area contributed by atoms with E-state index in [-0.39, 0.29) is 0 Å². The molecule has 0 fully saturated rings. The van der Waals surface area contributed by atoms with Crippen LogP contribution in [0.3, 0.4) is 0 Å². The number of pyridine rings is 1. The van der Waals surface area contributed by atoms with Crippen LogP contribution in [0.25, 0.3) is 16.5 Å². The number of hydrogen-bond donors (Lipinski definition) is 1. The first kappa shape index (κ1) is 11.7. The topological polar surface area (TPSA) is 41.6 Å². The summed E-state index contributed by atoms with van der Waals surface area (Å²) in [6.45, 7) is 4.05. The zero-order chi connectivity index (χ0) is 13.2. The summed E-state index contributed by atoms with van der Waals surface area (Å²) >= 11 is 0. The van der Waals surface area contributed by atoms with Gasteiger partial charge in [0.15, 0.2) is 0 Å². The molecule has 0 aliphatic carbocycles. The summed E-state index contributed by atoms with van der Waals surface area (Å²) in [5, 5.41) is 1.15. The van der Waals surface area contributed by atoms with Crippen molar-refractivity contribution < 1.29 is 0 Å². The average Bonchev–Trinajstić information content (AvgIpc) is 2.94. The molecule has 0 saturated carbocycles. The van der Waals surface area contributed by atoms with Crippen LogP contribution in [-0.4, -0.2) is 15.0 Å². The minimum absolute atomic E-state index is 1.01. The van der Waals surface area contributed by atoms with Crippen molar-refractivity contribution in [2.75, 3.05) is 0 Å². The van der Waals surface area contributed by atoms with E-state index in [1.807, 2.05) is 26.1 Å². The van der Waals surface area contributed by atoms with Crippen molar-refractivity contribution in [3.63, 3.8) is 0 Å². The van der Waals surface area contributed by atoms with E-state index in [0.29, 0.717) is 0 Å². The second-order valence-electron chi connectivity index (χ2n) is 4.50. The molecule has 94 valence electrons. The molecule has 1 aromatic carbocycles. The maximum Gasteiger partial charge on any atom is 0.0924 e. The molecule has 0 bridgehead atoms. The number of benzene rings is 1. The van der Waals surface area contributed by atoms with Crippen LogP contribution < -0.4 is 0 Å². The quantitative estimate of drug-likeness (QED) is 0.752. The van der Waals surface area contributed by atoms with Crippen molar-refractivity contribution in [3.8, 4) is 0 Å². The van der Waals surface area contributed by atoms with E-state index in [0.717, 1.165) is 33.4 Å². The van der Waals surface area contributed by atoms with E-state index in [2.05, 4.69) is 45.3 Å². The molecule has 2 heterocycles. The second kappa shape index (κ2) is 4.69. The Morgan fingerprint density at radius 1 is 1.21 bits per heavy atom. The van der Waals surface area contributed by atoms with E-state index in [9.17, 15) is 0 Å². The normalized spacial score (nSPS) is 12.0. The Kier molecular flexibility index (Phi) is 2.88. The number of rotatable bonds is 2. The Balaban J connectivity index is 2.27. The maximum absolute atomic E-state index is 4.68. The van der Waals surface area contributed by atoms with Gasteiger partial charge in [0.25, 0.3) is 0 Å². The fourth-order valence-corrected chi connectivity index (χ4v) is 2.32. The predicted molar refractivity (Wildman–Crippen MR) is 77.8 cm³/mol. The van der Waals surface area contributed by atoms with Crippen molar-refractivity contribution in [1.82, 2.24) is 15.0 Å². The van der Waals surface area contributed by atoms with Gasteiger partial charge in [0.05, 0.1) is 23.7 Å². The number of fused-ring (bicyclic) bond motifs is 1.